The number of nitrogens with zero attached hydrogens (tertiary/aromatic N) is 3. The van der Waals surface area contributed by atoms with Crippen LogP contribution in [0.25, 0.3) is 5.69 Å². The molecule has 0 spiro atoms. The number of allylic oxidation sites excluding steroid dienone is 1. The van der Waals surface area contributed by atoms with Crippen molar-refractivity contribution < 1.29 is 9.53 Å². The summed E-state index contributed by atoms with van der Waals surface area (Å²) in [5, 5.41) is 4.86. The minimum Gasteiger partial charge on any atom is -0.478 e. The number of ether oxygens (including phenoxy) is 1. The first-order valence-electron chi connectivity index (χ1n) is 8.27. The van der Waals surface area contributed by atoms with Crippen molar-refractivity contribution in [1.82, 2.24) is 9.78 Å². The Morgan fingerprint density at radius 2 is 2.04 bits per heavy atom. The number of amides is 1. The van der Waals surface area contributed by atoms with E-state index in [0.717, 1.165) is 24.9 Å². The Morgan fingerprint density at radius 3 is 2.75 bits per heavy atom. The highest BCUT2D eigenvalue weighted by Crippen LogP contribution is 2.14. The maximum atomic E-state index is 11.8. The van der Waals surface area contributed by atoms with Gasteiger partial charge in [-0.1, -0.05) is 44.5 Å². The lowest BCUT2D eigenvalue weighted by molar-refractivity contribution is -0.113. The molecule has 24 heavy (non-hydrogen) atoms. The van der Waals surface area contributed by atoms with Gasteiger partial charge < -0.3 is 4.74 Å². The summed E-state index contributed by atoms with van der Waals surface area (Å²) in [5.74, 6) is 0.277. The molecule has 0 aliphatic rings. The van der Waals surface area contributed by atoms with Crippen molar-refractivity contribution in [3.63, 3.8) is 0 Å². The summed E-state index contributed by atoms with van der Waals surface area (Å²) in [5.41, 5.74) is 0.893. The van der Waals surface area contributed by atoms with E-state index in [2.05, 4.69) is 17.0 Å². The van der Waals surface area contributed by atoms with Gasteiger partial charge in [-0.2, -0.15) is 5.10 Å². The van der Waals surface area contributed by atoms with Crippen LogP contribution in [0.3, 0.4) is 0 Å². The van der Waals surface area contributed by atoms with Crippen molar-refractivity contribution >= 4 is 5.91 Å². The SMILES string of the molecule is CCCC=CC(=O)N=c1cnn(-c2ccccc2)c(OCCC)c1. The molecule has 1 amide bonds. The van der Waals surface area contributed by atoms with Gasteiger partial charge in [-0.15, -0.1) is 0 Å². The van der Waals surface area contributed by atoms with Crippen LogP contribution in [0.4, 0.5) is 0 Å². The van der Waals surface area contributed by atoms with E-state index in [0.29, 0.717) is 17.8 Å². The number of carbonyl (C=O) groups excluding carboxylic acids is 1. The summed E-state index contributed by atoms with van der Waals surface area (Å²) in [6.45, 7) is 4.67. The van der Waals surface area contributed by atoms with Crippen molar-refractivity contribution in [3.05, 3.63) is 60.1 Å². The van der Waals surface area contributed by atoms with Crippen LogP contribution >= 0.6 is 0 Å². The molecule has 0 aliphatic carbocycles. The lowest BCUT2D eigenvalue weighted by Gasteiger charge is -2.12. The molecule has 5 nitrogen and oxygen atoms in total. The quantitative estimate of drug-likeness (QED) is 0.733. The molecule has 0 fully saturated rings. The summed E-state index contributed by atoms with van der Waals surface area (Å²) in [4.78, 5) is 15.9. The van der Waals surface area contributed by atoms with E-state index in [1.165, 1.54) is 6.08 Å². The van der Waals surface area contributed by atoms with Gasteiger partial charge in [0.1, 0.15) is 0 Å². The number of para-hydroxylation sites is 1. The Morgan fingerprint density at radius 1 is 1.25 bits per heavy atom. The zero-order valence-corrected chi connectivity index (χ0v) is 14.2. The van der Waals surface area contributed by atoms with E-state index in [1.807, 2.05) is 43.3 Å². The first-order chi connectivity index (χ1) is 11.7. The third-order valence-corrected chi connectivity index (χ3v) is 3.20. The number of aromatic nitrogens is 2. The fourth-order valence-electron chi connectivity index (χ4n) is 2.05. The lowest BCUT2D eigenvalue weighted by atomic mass is 10.3. The lowest BCUT2D eigenvalue weighted by Crippen LogP contribution is -2.15. The molecule has 0 saturated heterocycles. The molecule has 0 saturated carbocycles. The Labute approximate surface area is 142 Å². The number of unbranched alkanes of at least 4 members (excludes halogenated alkanes) is 1. The second-order valence-corrected chi connectivity index (χ2v) is 5.29. The molecular formula is C19H23N3O2. The Balaban J connectivity index is 2.34. The van der Waals surface area contributed by atoms with Crippen molar-refractivity contribution in [2.24, 2.45) is 4.99 Å². The molecule has 2 rings (SSSR count). The van der Waals surface area contributed by atoms with Crippen molar-refractivity contribution in [1.29, 1.82) is 0 Å². The minimum absolute atomic E-state index is 0.288. The first kappa shape index (κ1) is 17.7. The molecule has 0 aliphatic heterocycles. The van der Waals surface area contributed by atoms with Gasteiger partial charge in [0.2, 0.25) is 5.88 Å². The fourth-order valence-corrected chi connectivity index (χ4v) is 2.05. The second kappa shape index (κ2) is 9.45. The summed E-state index contributed by atoms with van der Waals surface area (Å²) >= 11 is 0. The monoisotopic (exact) mass is 325 g/mol. The van der Waals surface area contributed by atoms with E-state index in [4.69, 9.17) is 4.74 Å². The molecule has 0 N–H and O–H groups in total. The van der Waals surface area contributed by atoms with Crippen LogP contribution in [0.5, 0.6) is 5.88 Å². The van der Waals surface area contributed by atoms with Crippen molar-refractivity contribution in [3.8, 4) is 11.6 Å². The van der Waals surface area contributed by atoms with Crippen LogP contribution in [0.1, 0.15) is 33.1 Å². The van der Waals surface area contributed by atoms with E-state index in [9.17, 15) is 4.79 Å². The molecule has 1 aromatic heterocycles. The van der Waals surface area contributed by atoms with Crippen LogP contribution in [-0.2, 0) is 4.79 Å². The summed E-state index contributed by atoms with van der Waals surface area (Å²) < 4.78 is 7.47. The maximum absolute atomic E-state index is 11.8. The molecule has 5 heteroatoms. The molecule has 2 aromatic rings. The number of hydrogen-bond donors (Lipinski definition) is 0. The topological polar surface area (TPSA) is 56.5 Å². The highest BCUT2D eigenvalue weighted by atomic mass is 16.5. The zero-order chi connectivity index (χ0) is 17.2. The minimum atomic E-state index is -0.288. The highest BCUT2D eigenvalue weighted by Gasteiger charge is 2.05. The van der Waals surface area contributed by atoms with E-state index >= 15 is 0 Å². The largest absolute Gasteiger partial charge is 0.478 e. The predicted molar refractivity (Wildman–Crippen MR) is 94.0 cm³/mol. The molecule has 0 radical (unpaired) electrons. The van der Waals surface area contributed by atoms with Crippen LogP contribution in [0.2, 0.25) is 0 Å². The van der Waals surface area contributed by atoms with Gasteiger partial charge in [0.15, 0.2) is 0 Å². The van der Waals surface area contributed by atoms with E-state index in [-0.39, 0.29) is 5.91 Å². The predicted octanol–water partition coefficient (Wildman–Crippen LogP) is 3.44. The number of carbonyl (C=O) groups is 1. The Kier molecular flexibility index (Phi) is 6.95. The molecule has 0 unspecified atom stereocenters. The first-order valence-corrected chi connectivity index (χ1v) is 8.27. The average Bonchev–Trinajstić information content (AvgIpc) is 2.61. The normalized spacial score (nSPS) is 11.8. The van der Waals surface area contributed by atoms with Crippen LogP contribution < -0.4 is 10.1 Å². The molecule has 126 valence electrons. The molecule has 1 heterocycles. The Hall–Kier alpha value is -2.69. The van der Waals surface area contributed by atoms with Gasteiger partial charge in [-0.3, -0.25) is 4.79 Å². The van der Waals surface area contributed by atoms with Crippen molar-refractivity contribution in [2.45, 2.75) is 33.1 Å². The van der Waals surface area contributed by atoms with Crippen molar-refractivity contribution in [2.75, 3.05) is 6.61 Å². The third kappa shape index (κ3) is 5.19. The van der Waals surface area contributed by atoms with Gasteiger partial charge in [-0.05, 0) is 25.0 Å². The van der Waals surface area contributed by atoms with Crippen LogP contribution in [0, 0.1) is 0 Å². The van der Waals surface area contributed by atoms with Gasteiger partial charge in [0.05, 0.1) is 23.8 Å². The average molecular weight is 325 g/mol. The molecule has 0 bridgehead atoms. The van der Waals surface area contributed by atoms with Crippen LogP contribution in [-0.4, -0.2) is 22.3 Å². The van der Waals surface area contributed by atoms with Gasteiger partial charge in [0.25, 0.3) is 5.91 Å². The number of rotatable bonds is 7. The summed E-state index contributed by atoms with van der Waals surface area (Å²) in [6, 6.07) is 11.5. The highest BCUT2D eigenvalue weighted by molar-refractivity contribution is 5.88. The van der Waals surface area contributed by atoms with Gasteiger partial charge >= 0.3 is 0 Å². The van der Waals surface area contributed by atoms with Gasteiger partial charge in [-0.25, -0.2) is 9.67 Å². The standard InChI is InChI=1S/C19H23N3O2/c1-3-5-7-12-18(23)21-16-14-19(24-13-4-2)22(20-15-16)17-10-8-6-9-11-17/h6-12,14-15H,3-5,13H2,1-2H3. The van der Waals surface area contributed by atoms with Gasteiger partial charge in [0, 0.05) is 12.1 Å². The number of benzene rings is 1. The molecule has 0 atom stereocenters. The van der Waals surface area contributed by atoms with E-state index in [1.54, 1.807) is 16.9 Å². The second-order valence-electron chi connectivity index (χ2n) is 5.29. The van der Waals surface area contributed by atoms with Crippen LogP contribution in [0.15, 0.2) is 59.7 Å². The zero-order valence-electron chi connectivity index (χ0n) is 14.2. The molecule has 1 aromatic carbocycles. The fraction of sp³-hybridized carbons (Fsp3) is 0.316. The third-order valence-electron chi connectivity index (χ3n) is 3.20. The maximum Gasteiger partial charge on any atom is 0.269 e. The summed E-state index contributed by atoms with van der Waals surface area (Å²) in [7, 11) is 0. The van der Waals surface area contributed by atoms with E-state index < -0.39 is 0 Å². The number of hydrogen-bond acceptors (Lipinski definition) is 3. The molecular weight excluding hydrogens is 302 g/mol. The summed E-state index contributed by atoms with van der Waals surface area (Å²) in [6.07, 6.45) is 7.65. The Bertz CT molecular complexity index is 749. The smallest absolute Gasteiger partial charge is 0.269 e.